The topological polar surface area (TPSA) is 90.6 Å². The fraction of sp³-hybridized carbons (Fsp3) is 0.333. The summed E-state index contributed by atoms with van der Waals surface area (Å²) in [5.41, 5.74) is 2.93. The number of nitriles is 1. The van der Waals surface area contributed by atoms with E-state index in [0.717, 1.165) is 31.1 Å². The number of nitrogens with one attached hydrogen (secondary N) is 1. The van der Waals surface area contributed by atoms with E-state index in [2.05, 4.69) is 20.4 Å². The van der Waals surface area contributed by atoms with Gasteiger partial charge in [0, 0.05) is 13.1 Å². The summed E-state index contributed by atoms with van der Waals surface area (Å²) < 4.78 is 5.34. The van der Waals surface area contributed by atoms with Crippen molar-refractivity contribution in [3.05, 3.63) is 39.9 Å². The molecule has 3 rings (SSSR count). The molecule has 1 fully saturated rings. The Labute approximate surface area is 166 Å². The van der Waals surface area contributed by atoms with Crippen molar-refractivity contribution in [3.63, 3.8) is 0 Å². The Morgan fingerprint density at radius 3 is 2.81 bits per heavy atom. The van der Waals surface area contributed by atoms with Gasteiger partial charge in [-0.1, -0.05) is 22.9 Å². The maximum Gasteiger partial charge on any atom is 0.277 e. The minimum atomic E-state index is -0.396. The monoisotopic (exact) mass is 403 g/mol. The molecule has 1 aromatic carbocycles. The SMILES string of the molecule is N#Cc1ccc(OCC(=O)N/N=C\c2sc(N3CCCCC3)nc2Cl)cc1. The second-order valence-corrected chi connectivity index (χ2v) is 7.28. The number of rotatable bonds is 6. The lowest BCUT2D eigenvalue weighted by atomic mass is 10.1. The van der Waals surface area contributed by atoms with E-state index in [9.17, 15) is 4.79 Å². The lowest BCUT2D eigenvalue weighted by Gasteiger charge is -2.25. The van der Waals surface area contributed by atoms with Crippen LogP contribution in [-0.2, 0) is 4.79 Å². The second kappa shape index (κ2) is 9.35. The fourth-order valence-corrected chi connectivity index (χ4v) is 3.75. The van der Waals surface area contributed by atoms with Gasteiger partial charge in [-0.05, 0) is 43.5 Å². The highest BCUT2D eigenvalue weighted by atomic mass is 35.5. The molecule has 0 radical (unpaired) electrons. The number of hydrogen-bond acceptors (Lipinski definition) is 7. The standard InChI is InChI=1S/C18H18ClN5O2S/c19-17-15(27-18(22-17)24-8-2-1-3-9-24)11-21-23-16(25)12-26-14-6-4-13(10-20)5-7-14/h4-7,11H,1-3,8-9,12H2,(H,23,25)/b21-11-. The summed E-state index contributed by atoms with van der Waals surface area (Å²) in [6, 6.07) is 8.53. The van der Waals surface area contributed by atoms with Gasteiger partial charge in [0.15, 0.2) is 16.9 Å². The summed E-state index contributed by atoms with van der Waals surface area (Å²) in [6.45, 7) is 1.80. The van der Waals surface area contributed by atoms with Crippen molar-refractivity contribution < 1.29 is 9.53 Å². The highest BCUT2D eigenvalue weighted by Gasteiger charge is 2.16. The highest BCUT2D eigenvalue weighted by molar-refractivity contribution is 7.17. The molecule has 2 heterocycles. The third kappa shape index (κ3) is 5.42. The predicted octanol–water partition coefficient (Wildman–Crippen LogP) is 3.19. The summed E-state index contributed by atoms with van der Waals surface area (Å²) in [4.78, 5) is 19.1. The van der Waals surface area contributed by atoms with Gasteiger partial charge in [0.05, 0.1) is 22.7 Å². The van der Waals surface area contributed by atoms with Gasteiger partial charge in [0.2, 0.25) is 0 Å². The molecule has 27 heavy (non-hydrogen) atoms. The second-order valence-electron chi connectivity index (χ2n) is 5.92. The van der Waals surface area contributed by atoms with E-state index < -0.39 is 5.91 Å². The van der Waals surface area contributed by atoms with E-state index in [-0.39, 0.29) is 6.61 Å². The van der Waals surface area contributed by atoms with Crippen molar-refractivity contribution in [2.75, 3.05) is 24.6 Å². The van der Waals surface area contributed by atoms with Crippen molar-refractivity contribution >= 4 is 40.2 Å². The first-order valence-electron chi connectivity index (χ1n) is 8.52. The van der Waals surface area contributed by atoms with Gasteiger partial charge in [-0.15, -0.1) is 0 Å². The number of hydrogen-bond donors (Lipinski definition) is 1. The van der Waals surface area contributed by atoms with Crippen molar-refractivity contribution in [2.24, 2.45) is 5.10 Å². The largest absolute Gasteiger partial charge is 0.484 e. The lowest BCUT2D eigenvalue weighted by molar-refractivity contribution is -0.123. The molecular weight excluding hydrogens is 386 g/mol. The van der Waals surface area contributed by atoms with E-state index in [1.807, 2.05) is 6.07 Å². The van der Waals surface area contributed by atoms with Gasteiger partial charge in [-0.25, -0.2) is 10.4 Å². The Balaban J connectivity index is 1.48. The van der Waals surface area contributed by atoms with Crippen molar-refractivity contribution in [1.82, 2.24) is 10.4 Å². The van der Waals surface area contributed by atoms with Crippen LogP contribution in [0.25, 0.3) is 0 Å². The zero-order valence-corrected chi connectivity index (χ0v) is 16.1. The summed E-state index contributed by atoms with van der Waals surface area (Å²) in [7, 11) is 0. The van der Waals surface area contributed by atoms with Gasteiger partial charge >= 0.3 is 0 Å². The van der Waals surface area contributed by atoms with Gasteiger partial charge < -0.3 is 9.64 Å². The molecule has 140 valence electrons. The zero-order chi connectivity index (χ0) is 19.1. The summed E-state index contributed by atoms with van der Waals surface area (Å²) in [5.74, 6) is 0.109. The number of thiazole rings is 1. The van der Waals surface area contributed by atoms with Crippen LogP contribution in [0.2, 0.25) is 5.15 Å². The number of hydrazone groups is 1. The average molecular weight is 404 g/mol. The molecule has 7 nitrogen and oxygen atoms in total. The van der Waals surface area contributed by atoms with Gasteiger partial charge in [0.25, 0.3) is 5.91 Å². The van der Waals surface area contributed by atoms with Crippen LogP contribution in [0.5, 0.6) is 5.75 Å². The number of amides is 1. The highest BCUT2D eigenvalue weighted by Crippen LogP contribution is 2.30. The Hall–Kier alpha value is -2.63. The van der Waals surface area contributed by atoms with E-state index in [4.69, 9.17) is 21.6 Å². The van der Waals surface area contributed by atoms with Crippen LogP contribution in [0.1, 0.15) is 29.7 Å². The van der Waals surface area contributed by atoms with Crippen LogP contribution in [0.15, 0.2) is 29.4 Å². The fourth-order valence-electron chi connectivity index (χ4n) is 2.57. The Morgan fingerprint density at radius 2 is 2.11 bits per heavy atom. The molecule has 0 unspecified atom stereocenters. The predicted molar refractivity (Wildman–Crippen MR) is 106 cm³/mol. The number of anilines is 1. The summed E-state index contributed by atoms with van der Waals surface area (Å²) in [6.07, 6.45) is 5.07. The number of halogens is 1. The third-order valence-electron chi connectivity index (χ3n) is 3.95. The first kappa shape index (κ1) is 19.1. The average Bonchev–Trinajstić information content (AvgIpc) is 3.08. The summed E-state index contributed by atoms with van der Waals surface area (Å²) in [5, 5.41) is 13.9. The van der Waals surface area contributed by atoms with E-state index in [0.29, 0.717) is 21.3 Å². The van der Waals surface area contributed by atoms with E-state index >= 15 is 0 Å². The summed E-state index contributed by atoms with van der Waals surface area (Å²) >= 11 is 7.62. The van der Waals surface area contributed by atoms with Crippen LogP contribution >= 0.6 is 22.9 Å². The number of carbonyl (C=O) groups excluding carboxylic acids is 1. The number of piperidine rings is 1. The lowest BCUT2D eigenvalue weighted by Crippen LogP contribution is -2.29. The molecule has 1 aliphatic heterocycles. The first-order chi connectivity index (χ1) is 13.2. The number of benzene rings is 1. The molecule has 0 saturated carbocycles. The van der Waals surface area contributed by atoms with Crippen LogP contribution in [0, 0.1) is 11.3 Å². The van der Waals surface area contributed by atoms with Crippen LogP contribution in [0.4, 0.5) is 5.13 Å². The normalized spacial score (nSPS) is 14.1. The van der Waals surface area contributed by atoms with Crippen molar-refractivity contribution in [2.45, 2.75) is 19.3 Å². The van der Waals surface area contributed by atoms with E-state index in [1.54, 1.807) is 24.3 Å². The third-order valence-corrected chi connectivity index (χ3v) is 5.40. The minimum Gasteiger partial charge on any atom is -0.484 e. The number of carbonyl (C=O) groups is 1. The first-order valence-corrected chi connectivity index (χ1v) is 9.71. The molecule has 0 spiro atoms. The molecule has 0 aliphatic carbocycles. The molecule has 2 aromatic rings. The quantitative estimate of drug-likeness (QED) is 0.590. The number of nitrogens with zero attached hydrogens (tertiary/aromatic N) is 4. The van der Waals surface area contributed by atoms with Gasteiger partial charge in [0.1, 0.15) is 5.75 Å². The van der Waals surface area contributed by atoms with Crippen LogP contribution in [-0.4, -0.2) is 36.8 Å². The molecule has 0 atom stereocenters. The van der Waals surface area contributed by atoms with Crippen molar-refractivity contribution in [3.8, 4) is 11.8 Å². The molecule has 1 aliphatic rings. The Morgan fingerprint density at radius 1 is 1.37 bits per heavy atom. The van der Waals surface area contributed by atoms with Crippen LogP contribution in [0.3, 0.4) is 0 Å². The van der Waals surface area contributed by atoms with Gasteiger partial charge in [-0.2, -0.15) is 10.4 Å². The van der Waals surface area contributed by atoms with Crippen molar-refractivity contribution in [1.29, 1.82) is 5.26 Å². The zero-order valence-electron chi connectivity index (χ0n) is 14.5. The Kier molecular flexibility index (Phi) is 6.63. The molecule has 1 amide bonds. The maximum atomic E-state index is 11.8. The minimum absolute atomic E-state index is 0.182. The maximum absolute atomic E-state index is 11.8. The van der Waals surface area contributed by atoms with Gasteiger partial charge in [-0.3, -0.25) is 4.79 Å². The molecule has 1 aromatic heterocycles. The van der Waals surface area contributed by atoms with E-state index in [1.165, 1.54) is 24.0 Å². The molecule has 0 bridgehead atoms. The van der Waals surface area contributed by atoms with Crippen LogP contribution < -0.4 is 15.1 Å². The molecule has 9 heteroatoms. The number of aromatic nitrogens is 1. The molecule has 1 N–H and O–H groups in total. The smallest absolute Gasteiger partial charge is 0.277 e. The molecular formula is C18H18ClN5O2S. The molecule has 1 saturated heterocycles. The Bertz CT molecular complexity index is 854. The number of ether oxygens (including phenoxy) is 1.